The van der Waals surface area contributed by atoms with Gasteiger partial charge in [0, 0.05) is 57.0 Å². The Balaban J connectivity index is 1.35. The van der Waals surface area contributed by atoms with E-state index in [2.05, 4.69) is 29.7 Å². The Labute approximate surface area is 168 Å². The van der Waals surface area contributed by atoms with E-state index in [1.54, 1.807) is 18.5 Å². The van der Waals surface area contributed by atoms with Gasteiger partial charge in [0.1, 0.15) is 0 Å². The number of hydrogen-bond donors (Lipinski definition) is 1. The van der Waals surface area contributed by atoms with E-state index in [9.17, 15) is 9.59 Å². The number of nitrogens with zero attached hydrogens (tertiary/aromatic N) is 5. The lowest BCUT2D eigenvalue weighted by molar-refractivity contribution is -0.142. The third-order valence-electron chi connectivity index (χ3n) is 4.49. The zero-order valence-corrected chi connectivity index (χ0v) is 16.9. The molecule has 3 heterocycles. The van der Waals surface area contributed by atoms with Crippen molar-refractivity contribution in [2.75, 3.05) is 51.2 Å². The Morgan fingerprint density at radius 1 is 1.21 bits per heavy atom. The monoisotopic (exact) mass is 406 g/mol. The van der Waals surface area contributed by atoms with Crippen LogP contribution in [-0.4, -0.2) is 82.1 Å². The number of piperazine rings is 1. The van der Waals surface area contributed by atoms with Crippen molar-refractivity contribution >= 4 is 28.3 Å². The summed E-state index contributed by atoms with van der Waals surface area (Å²) >= 11 is 1.32. The number of carbonyl (C=O) groups excluding carboxylic acids is 2. The minimum Gasteiger partial charge on any atom is -0.466 e. The SMILES string of the molecule is CCOC(=O)Cc1csc(NC(=O)CN2CCN(CCn3ccnc3)CC2)n1. The molecule has 0 unspecified atom stereocenters. The van der Waals surface area contributed by atoms with Gasteiger partial charge in [-0.1, -0.05) is 0 Å². The molecule has 0 bridgehead atoms. The van der Waals surface area contributed by atoms with Crippen LogP contribution in [0, 0.1) is 0 Å². The smallest absolute Gasteiger partial charge is 0.311 e. The van der Waals surface area contributed by atoms with E-state index < -0.39 is 0 Å². The van der Waals surface area contributed by atoms with Crippen LogP contribution in [0.4, 0.5) is 5.13 Å². The van der Waals surface area contributed by atoms with Crippen molar-refractivity contribution in [3.63, 3.8) is 0 Å². The average Bonchev–Trinajstić information content (AvgIpc) is 3.33. The molecule has 1 aliphatic rings. The number of rotatable bonds is 9. The Morgan fingerprint density at radius 2 is 2.00 bits per heavy atom. The van der Waals surface area contributed by atoms with E-state index in [1.807, 2.05) is 12.5 Å². The zero-order chi connectivity index (χ0) is 19.8. The lowest BCUT2D eigenvalue weighted by Gasteiger charge is -2.34. The molecule has 0 saturated carbocycles. The van der Waals surface area contributed by atoms with Gasteiger partial charge >= 0.3 is 5.97 Å². The maximum absolute atomic E-state index is 12.3. The molecular weight excluding hydrogens is 380 g/mol. The highest BCUT2D eigenvalue weighted by Gasteiger charge is 2.19. The van der Waals surface area contributed by atoms with Crippen LogP contribution < -0.4 is 5.32 Å². The molecule has 1 amide bonds. The van der Waals surface area contributed by atoms with Crippen LogP contribution in [0.5, 0.6) is 0 Å². The fourth-order valence-electron chi connectivity index (χ4n) is 3.01. The van der Waals surface area contributed by atoms with E-state index in [1.165, 1.54) is 11.3 Å². The first kappa shape index (κ1) is 20.4. The van der Waals surface area contributed by atoms with Crippen LogP contribution in [0.25, 0.3) is 0 Å². The number of ether oxygens (including phenoxy) is 1. The predicted octanol–water partition coefficient (Wildman–Crippen LogP) is 0.702. The summed E-state index contributed by atoms with van der Waals surface area (Å²) in [5.41, 5.74) is 0.616. The first-order valence-electron chi connectivity index (χ1n) is 9.42. The maximum atomic E-state index is 12.3. The van der Waals surface area contributed by atoms with Gasteiger partial charge in [-0.15, -0.1) is 11.3 Å². The normalized spacial score (nSPS) is 15.5. The highest BCUT2D eigenvalue weighted by Crippen LogP contribution is 2.16. The first-order chi connectivity index (χ1) is 13.6. The predicted molar refractivity (Wildman–Crippen MR) is 106 cm³/mol. The average molecular weight is 407 g/mol. The standard InChI is InChI=1S/C18H26N6O3S/c1-2-27-17(26)11-15-13-28-18(20-15)21-16(25)12-23-8-5-22(6-9-23)7-10-24-4-3-19-14-24/h3-4,13-14H,2,5-12H2,1H3,(H,20,21,25). The summed E-state index contributed by atoms with van der Waals surface area (Å²) < 4.78 is 6.98. The molecule has 10 heteroatoms. The van der Waals surface area contributed by atoms with Crippen LogP contribution in [0.1, 0.15) is 12.6 Å². The van der Waals surface area contributed by atoms with Crippen molar-refractivity contribution < 1.29 is 14.3 Å². The van der Waals surface area contributed by atoms with Crippen molar-refractivity contribution in [1.82, 2.24) is 24.3 Å². The van der Waals surface area contributed by atoms with Crippen LogP contribution in [0.3, 0.4) is 0 Å². The van der Waals surface area contributed by atoms with Gasteiger partial charge in [-0.25, -0.2) is 9.97 Å². The molecule has 1 fully saturated rings. The highest BCUT2D eigenvalue weighted by molar-refractivity contribution is 7.13. The molecule has 3 rings (SSSR count). The summed E-state index contributed by atoms with van der Waals surface area (Å²) in [5.74, 6) is -0.388. The molecule has 0 radical (unpaired) electrons. The molecule has 2 aromatic heterocycles. The van der Waals surface area contributed by atoms with Gasteiger partial charge in [0.15, 0.2) is 5.13 Å². The van der Waals surface area contributed by atoms with Gasteiger partial charge < -0.3 is 14.6 Å². The van der Waals surface area contributed by atoms with Crippen LogP contribution in [0.2, 0.25) is 0 Å². The van der Waals surface area contributed by atoms with Crippen LogP contribution in [0.15, 0.2) is 24.1 Å². The lowest BCUT2D eigenvalue weighted by Crippen LogP contribution is -2.49. The van der Waals surface area contributed by atoms with Gasteiger partial charge in [-0.05, 0) is 6.92 Å². The van der Waals surface area contributed by atoms with Gasteiger partial charge in [0.25, 0.3) is 0 Å². The summed E-state index contributed by atoms with van der Waals surface area (Å²) in [5, 5.41) is 5.11. The molecule has 1 saturated heterocycles. The summed E-state index contributed by atoms with van der Waals surface area (Å²) in [7, 11) is 0. The van der Waals surface area contributed by atoms with E-state index in [0.29, 0.717) is 24.0 Å². The molecule has 1 N–H and O–H groups in total. The summed E-state index contributed by atoms with van der Waals surface area (Å²) in [6.07, 6.45) is 5.72. The number of carbonyl (C=O) groups is 2. The van der Waals surface area contributed by atoms with Crippen molar-refractivity contribution in [2.45, 2.75) is 19.9 Å². The van der Waals surface area contributed by atoms with Crippen molar-refractivity contribution in [3.8, 4) is 0 Å². The highest BCUT2D eigenvalue weighted by atomic mass is 32.1. The molecule has 2 aromatic rings. The molecule has 1 aliphatic heterocycles. The second-order valence-electron chi connectivity index (χ2n) is 6.59. The molecule has 9 nitrogen and oxygen atoms in total. The Hall–Kier alpha value is -2.30. The number of nitrogens with one attached hydrogen (secondary N) is 1. The third-order valence-corrected chi connectivity index (χ3v) is 5.30. The topological polar surface area (TPSA) is 92.6 Å². The molecular formula is C18H26N6O3S. The van der Waals surface area contributed by atoms with E-state index >= 15 is 0 Å². The zero-order valence-electron chi connectivity index (χ0n) is 16.0. The first-order valence-corrected chi connectivity index (χ1v) is 10.3. The third kappa shape index (κ3) is 6.39. The van der Waals surface area contributed by atoms with Gasteiger partial charge in [-0.3, -0.25) is 19.4 Å². The quantitative estimate of drug-likeness (QED) is 0.613. The van der Waals surface area contributed by atoms with Gasteiger partial charge in [0.05, 0.1) is 31.6 Å². The number of amides is 1. The summed E-state index contributed by atoms with van der Waals surface area (Å²) in [6.45, 7) is 8.01. The molecule has 0 spiro atoms. The van der Waals surface area contributed by atoms with Crippen LogP contribution >= 0.6 is 11.3 Å². The van der Waals surface area contributed by atoms with Crippen molar-refractivity contribution in [3.05, 3.63) is 29.8 Å². The number of imidazole rings is 1. The molecule has 0 atom stereocenters. The van der Waals surface area contributed by atoms with Gasteiger partial charge in [-0.2, -0.15) is 0 Å². The number of aromatic nitrogens is 3. The Kier molecular flexibility index (Phi) is 7.52. The second-order valence-corrected chi connectivity index (χ2v) is 7.45. The maximum Gasteiger partial charge on any atom is 0.311 e. The Morgan fingerprint density at radius 3 is 2.71 bits per heavy atom. The molecule has 152 valence electrons. The Bertz CT molecular complexity index is 755. The largest absolute Gasteiger partial charge is 0.466 e. The molecule has 28 heavy (non-hydrogen) atoms. The minimum absolute atomic E-state index is 0.0797. The lowest BCUT2D eigenvalue weighted by atomic mass is 10.3. The van der Waals surface area contributed by atoms with Gasteiger partial charge in [0.2, 0.25) is 5.91 Å². The second kappa shape index (κ2) is 10.3. The van der Waals surface area contributed by atoms with E-state index in [0.717, 1.165) is 39.3 Å². The van der Waals surface area contributed by atoms with E-state index in [4.69, 9.17) is 4.74 Å². The molecule has 0 aliphatic carbocycles. The van der Waals surface area contributed by atoms with Crippen LogP contribution in [-0.2, 0) is 27.3 Å². The fraction of sp³-hybridized carbons (Fsp3) is 0.556. The number of anilines is 1. The van der Waals surface area contributed by atoms with Crippen molar-refractivity contribution in [2.24, 2.45) is 0 Å². The summed E-state index contributed by atoms with van der Waals surface area (Å²) in [6, 6.07) is 0. The fourth-order valence-corrected chi connectivity index (χ4v) is 3.74. The number of thiazole rings is 1. The van der Waals surface area contributed by atoms with E-state index in [-0.39, 0.29) is 18.3 Å². The van der Waals surface area contributed by atoms with Crippen molar-refractivity contribution in [1.29, 1.82) is 0 Å². The number of esters is 1. The summed E-state index contributed by atoms with van der Waals surface area (Å²) in [4.78, 5) is 36.6. The molecule has 0 aromatic carbocycles. The number of hydrogen-bond acceptors (Lipinski definition) is 8. The minimum atomic E-state index is -0.309.